The van der Waals surface area contributed by atoms with Crippen LogP contribution in [0.4, 0.5) is 23.4 Å². The quantitative estimate of drug-likeness (QED) is 0.464. The molecule has 170 valence electrons. The van der Waals surface area contributed by atoms with Gasteiger partial charge in [0.2, 0.25) is 6.17 Å². The van der Waals surface area contributed by atoms with E-state index in [-0.39, 0.29) is 55.0 Å². The van der Waals surface area contributed by atoms with Crippen molar-refractivity contribution in [3.63, 3.8) is 0 Å². The Hall–Kier alpha value is -2.39. The number of benzene rings is 1. The monoisotopic (exact) mass is 453 g/mol. The third kappa shape index (κ3) is 5.32. The Labute approximate surface area is 192 Å². The maximum atomic E-state index is 14.6. The van der Waals surface area contributed by atoms with Crippen molar-refractivity contribution in [1.82, 2.24) is 9.97 Å². The van der Waals surface area contributed by atoms with Crippen molar-refractivity contribution >= 4 is 30.6 Å². The molecule has 1 unspecified atom stereocenters. The average Bonchev–Trinajstić information content (AvgIpc) is 3.26. The van der Waals surface area contributed by atoms with Crippen LogP contribution in [0.2, 0.25) is 0 Å². The number of carbonyl (C=O) groups is 1. The fraction of sp³-hybridized carbons (Fsp3) is 0.421. The Balaban J connectivity index is 0.00000363. The molecule has 1 aliphatic rings. The second-order valence-electron chi connectivity index (χ2n) is 6.55. The van der Waals surface area contributed by atoms with Gasteiger partial charge in [0, 0.05) is 5.56 Å². The predicted molar refractivity (Wildman–Crippen MR) is 105 cm³/mol. The summed E-state index contributed by atoms with van der Waals surface area (Å²) in [7, 11) is 1.19. The first-order chi connectivity index (χ1) is 14.7. The molecule has 0 radical (unpaired) electrons. The number of rotatable bonds is 8. The minimum absolute atomic E-state index is 0. The number of ether oxygens (including phenoxy) is 3. The molecule has 1 fully saturated rings. The zero-order valence-corrected chi connectivity index (χ0v) is 16.4. The molecule has 2 N–H and O–H groups in total. The number of methoxy groups -OCH3 is 1. The predicted octanol–water partition coefficient (Wildman–Crippen LogP) is 3.23. The third-order valence-corrected chi connectivity index (χ3v) is 4.56. The van der Waals surface area contributed by atoms with Crippen LogP contribution in [-0.2, 0) is 14.3 Å². The van der Waals surface area contributed by atoms with Gasteiger partial charge in [-0.05, 0) is 6.92 Å². The van der Waals surface area contributed by atoms with E-state index in [1.54, 1.807) is 0 Å². The Morgan fingerprint density at radius 3 is 2.41 bits per heavy atom. The van der Waals surface area contributed by atoms with Crippen molar-refractivity contribution in [2.24, 2.45) is 0 Å². The SMILES string of the molecule is COc1nc(N[C@H](C)c2cccc(C(F)F)c2F)c(C2OCCO2)c(C(F)C(=O)O)n1.[LiH]. The normalized spacial score (nSPS) is 15.8. The Morgan fingerprint density at radius 2 is 1.84 bits per heavy atom. The molecule has 2 aromatic rings. The second-order valence-corrected chi connectivity index (χ2v) is 6.55. The first-order valence-electron chi connectivity index (χ1n) is 9.13. The van der Waals surface area contributed by atoms with Crippen LogP contribution >= 0.6 is 0 Å². The number of anilines is 1. The fourth-order valence-electron chi connectivity index (χ4n) is 3.09. The number of nitrogens with one attached hydrogen (secondary N) is 1. The molecule has 1 saturated heterocycles. The van der Waals surface area contributed by atoms with Gasteiger partial charge in [-0.15, -0.1) is 0 Å². The van der Waals surface area contributed by atoms with Gasteiger partial charge in [0.05, 0.1) is 37.5 Å². The van der Waals surface area contributed by atoms with Crippen molar-refractivity contribution < 1.29 is 41.7 Å². The molecule has 32 heavy (non-hydrogen) atoms. The van der Waals surface area contributed by atoms with E-state index in [4.69, 9.17) is 19.3 Å². The van der Waals surface area contributed by atoms with Crippen molar-refractivity contribution in [3.8, 4) is 6.01 Å². The van der Waals surface area contributed by atoms with Crippen molar-refractivity contribution in [2.75, 3.05) is 25.6 Å². The maximum absolute atomic E-state index is 14.6. The zero-order valence-electron chi connectivity index (χ0n) is 16.4. The first kappa shape index (κ1) is 25.9. The molecule has 0 aliphatic carbocycles. The van der Waals surface area contributed by atoms with Crippen molar-refractivity contribution in [2.45, 2.75) is 31.9 Å². The van der Waals surface area contributed by atoms with Crippen LogP contribution in [0.15, 0.2) is 18.2 Å². The number of halogens is 4. The fourth-order valence-corrected chi connectivity index (χ4v) is 3.09. The molecular weight excluding hydrogens is 433 g/mol. The van der Waals surface area contributed by atoms with Gasteiger partial charge in [0.1, 0.15) is 17.3 Å². The van der Waals surface area contributed by atoms with Gasteiger partial charge in [-0.2, -0.15) is 9.97 Å². The van der Waals surface area contributed by atoms with E-state index in [0.717, 1.165) is 6.07 Å². The summed E-state index contributed by atoms with van der Waals surface area (Å²) in [4.78, 5) is 19.1. The van der Waals surface area contributed by atoms with Crippen LogP contribution in [0.1, 0.15) is 54.2 Å². The molecule has 3 rings (SSSR count). The number of hydrogen-bond donors (Lipinski definition) is 2. The summed E-state index contributed by atoms with van der Waals surface area (Å²) in [5.74, 6) is -3.07. The minimum atomic E-state index is -3.02. The molecule has 0 bridgehead atoms. The second kappa shape index (κ2) is 11.0. The van der Waals surface area contributed by atoms with Crippen LogP contribution in [-0.4, -0.2) is 60.2 Å². The van der Waals surface area contributed by atoms with Crippen molar-refractivity contribution in [3.05, 3.63) is 46.4 Å². The standard InChI is InChI=1S/C19H19F4N3O5.Li.H/c1-8(9-4-3-5-10(12(9)20)15(22)23)24-16-11(18-30-6-7-31-18)14(13(21)17(27)28)25-19(26-16)29-2;;/h3-5,8,13,15,18H,6-7H2,1-2H3,(H,27,28)(H,24,25,26);;/t8-,13?;;/m1../s1. The molecule has 0 saturated carbocycles. The average molecular weight is 453 g/mol. The van der Waals surface area contributed by atoms with E-state index in [9.17, 15) is 22.4 Å². The van der Waals surface area contributed by atoms with Gasteiger partial charge >= 0.3 is 30.8 Å². The first-order valence-corrected chi connectivity index (χ1v) is 9.13. The van der Waals surface area contributed by atoms with E-state index in [1.165, 1.54) is 26.2 Å². The molecule has 1 aromatic heterocycles. The van der Waals surface area contributed by atoms with Gasteiger partial charge in [0.15, 0.2) is 6.29 Å². The number of alkyl halides is 3. The number of aliphatic carboxylic acids is 1. The summed E-state index contributed by atoms with van der Waals surface area (Å²) in [6.07, 6.45) is -6.77. The van der Waals surface area contributed by atoms with E-state index in [1.807, 2.05) is 0 Å². The third-order valence-electron chi connectivity index (χ3n) is 4.56. The van der Waals surface area contributed by atoms with Crippen LogP contribution in [0.5, 0.6) is 6.01 Å². The van der Waals surface area contributed by atoms with Crippen LogP contribution in [0.3, 0.4) is 0 Å². The topological polar surface area (TPSA) is 103 Å². The Morgan fingerprint density at radius 1 is 1.22 bits per heavy atom. The van der Waals surface area contributed by atoms with Crippen LogP contribution < -0.4 is 10.1 Å². The number of aromatic nitrogens is 2. The van der Waals surface area contributed by atoms with Crippen molar-refractivity contribution in [1.29, 1.82) is 0 Å². The van der Waals surface area contributed by atoms with E-state index < -0.39 is 48.0 Å². The van der Waals surface area contributed by atoms with Gasteiger partial charge in [-0.3, -0.25) is 0 Å². The van der Waals surface area contributed by atoms with Gasteiger partial charge < -0.3 is 24.6 Å². The van der Waals surface area contributed by atoms with Gasteiger partial charge in [0.25, 0.3) is 6.43 Å². The van der Waals surface area contributed by atoms with Crippen LogP contribution in [0.25, 0.3) is 0 Å². The number of carboxylic acid groups (broad SMARTS) is 1. The Bertz CT molecular complexity index is 963. The molecular formula is C19H20F4LiN3O5. The zero-order chi connectivity index (χ0) is 22.7. The molecule has 0 amide bonds. The summed E-state index contributed by atoms with van der Waals surface area (Å²) < 4.78 is 70.9. The molecule has 0 spiro atoms. The van der Waals surface area contributed by atoms with Crippen LogP contribution in [0, 0.1) is 5.82 Å². The summed E-state index contributed by atoms with van der Waals surface area (Å²) in [6, 6.07) is 2.24. The summed E-state index contributed by atoms with van der Waals surface area (Å²) in [6.45, 7) is 1.77. The van der Waals surface area contributed by atoms with Gasteiger partial charge in [-0.25, -0.2) is 22.4 Å². The Kier molecular flexibility index (Phi) is 8.86. The molecule has 1 aliphatic heterocycles. The summed E-state index contributed by atoms with van der Waals surface area (Å²) >= 11 is 0. The molecule has 8 nitrogen and oxygen atoms in total. The van der Waals surface area contributed by atoms with E-state index in [0.29, 0.717) is 0 Å². The number of nitrogens with zero attached hydrogens (tertiary/aromatic N) is 2. The van der Waals surface area contributed by atoms with E-state index in [2.05, 4.69) is 15.3 Å². The number of carboxylic acids is 1. The van der Waals surface area contributed by atoms with Gasteiger partial charge in [-0.1, -0.05) is 18.2 Å². The summed E-state index contributed by atoms with van der Waals surface area (Å²) in [5, 5.41) is 11.9. The van der Waals surface area contributed by atoms with E-state index >= 15 is 0 Å². The molecule has 1 aromatic carbocycles. The molecule has 2 heterocycles. The summed E-state index contributed by atoms with van der Waals surface area (Å²) in [5.41, 5.74) is -1.59. The molecule has 13 heteroatoms. The number of hydrogen-bond acceptors (Lipinski definition) is 7. The molecule has 2 atom stereocenters.